The Bertz CT molecular complexity index is 669. The molecule has 1 amide bonds. The number of nitrogens with one attached hydrogen (secondary N) is 1. The molecule has 0 fully saturated rings. The van der Waals surface area contributed by atoms with E-state index in [1.165, 1.54) is 6.08 Å². The van der Waals surface area contributed by atoms with Gasteiger partial charge in [-0.25, -0.2) is 0 Å². The predicted molar refractivity (Wildman–Crippen MR) is 86.1 cm³/mol. The molecule has 0 bridgehead atoms. The molecule has 1 atom stereocenters. The van der Waals surface area contributed by atoms with Gasteiger partial charge in [-0.3, -0.25) is 4.79 Å². The van der Waals surface area contributed by atoms with Crippen molar-refractivity contribution in [1.29, 1.82) is 0 Å². The molecule has 0 aliphatic carbocycles. The van der Waals surface area contributed by atoms with E-state index < -0.39 is 5.60 Å². The molecule has 22 heavy (non-hydrogen) atoms. The molecule has 2 rings (SSSR count). The third-order valence-electron chi connectivity index (χ3n) is 3.45. The summed E-state index contributed by atoms with van der Waals surface area (Å²) in [6.07, 6.45) is 1.53. The van der Waals surface area contributed by atoms with Gasteiger partial charge >= 0.3 is 0 Å². The SMILES string of the molecule is CC(=CC(=O)NCC(C)(O)c1ccc(C)o1)c1ccccc1. The lowest BCUT2D eigenvalue weighted by Crippen LogP contribution is -2.37. The smallest absolute Gasteiger partial charge is 0.244 e. The topological polar surface area (TPSA) is 62.5 Å². The van der Waals surface area contributed by atoms with E-state index in [-0.39, 0.29) is 12.5 Å². The van der Waals surface area contributed by atoms with E-state index in [4.69, 9.17) is 4.42 Å². The zero-order valence-electron chi connectivity index (χ0n) is 13.1. The van der Waals surface area contributed by atoms with Crippen molar-refractivity contribution < 1.29 is 14.3 Å². The lowest BCUT2D eigenvalue weighted by Gasteiger charge is -2.20. The zero-order valence-corrected chi connectivity index (χ0v) is 13.1. The molecule has 4 heteroatoms. The number of allylic oxidation sites excluding steroid dienone is 1. The normalized spacial score (nSPS) is 14.5. The molecule has 0 aliphatic heterocycles. The number of furan rings is 1. The summed E-state index contributed by atoms with van der Waals surface area (Å²) in [6.45, 7) is 5.38. The summed E-state index contributed by atoms with van der Waals surface area (Å²) in [7, 11) is 0. The van der Waals surface area contributed by atoms with Gasteiger partial charge < -0.3 is 14.8 Å². The Kier molecular flexibility index (Phi) is 4.83. The average molecular weight is 299 g/mol. The average Bonchev–Trinajstić information content (AvgIpc) is 2.94. The first-order valence-electron chi connectivity index (χ1n) is 7.19. The van der Waals surface area contributed by atoms with Crippen molar-refractivity contribution >= 4 is 11.5 Å². The van der Waals surface area contributed by atoms with Crippen molar-refractivity contribution in [2.45, 2.75) is 26.4 Å². The van der Waals surface area contributed by atoms with Gasteiger partial charge in [-0.15, -0.1) is 0 Å². The van der Waals surface area contributed by atoms with Gasteiger partial charge in [0.2, 0.25) is 5.91 Å². The Morgan fingerprint density at radius 2 is 1.95 bits per heavy atom. The highest BCUT2D eigenvalue weighted by molar-refractivity contribution is 5.94. The summed E-state index contributed by atoms with van der Waals surface area (Å²) in [5.41, 5.74) is 0.621. The summed E-state index contributed by atoms with van der Waals surface area (Å²) in [6, 6.07) is 13.2. The van der Waals surface area contributed by atoms with E-state index in [1.807, 2.05) is 44.2 Å². The molecule has 2 aromatic rings. The van der Waals surface area contributed by atoms with Crippen LogP contribution >= 0.6 is 0 Å². The third kappa shape index (κ3) is 4.09. The quantitative estimate of drug-likeness (QED) is 0.834. The van der Waals surface area contributed by atoms with E-state index >= 15 is 0 Å². The van der Waals surface area contributed by atoms with Crippen LogP contribution in [-0.2, 0) is 10.4 Å². The van der Waals surface area contributed by atoms with Crippen LogP contribution in [0.5, 0.6) is 0 Å². The Morgan fingerprint density at radius 1 is 1.27 bits per heavy atom. The second-order valence-electron chi connectivity index (χ2n) is 5.60. The van der Waals surface area contributed by atoms with Crippen LogP contribution in [0.15, 0.2) is 53.0 Å². The van der Waals surface area contributed by atoms with Crippen LogP contribution in [0, 0.1) is 6.92 Å². The van der Waals surface area contributed by atoms with Crippen LogP contribution in [0.2, 0.25) is 0 Å². The summed E-state index contributed by atoms with van der Waals surface area (Å²) < 4.78 is 5.41. The van der Waals surface area contributed by atoms with Crippen LogP contribution in [0.3, 0.4) is 0 Å². The van der Waals surface area contributed by atoms with Gasteiger partial charge in [-0.1, -0.05) is 30.3 Å². The first kappa shape index (κ1) is 16.0. The molecule has 0 radical (unpaired) electrons. The Morgan fingerprint density at radius 3 is 2.55 bits per heavy atom. The van der Waals surface area contributed by atoms with Crippen molar-refractivity contribution in [2.75, 3.05) is 6.54 Å². The van der Waals surface area contributed by atoms with Gasteiger partial charge in [0.15, 0.2) is 0 Å². The second-order valence-corrected chi connectivity index (χ2v) is 5.60. The monoisotopic (exact) mass is 299 g/mol. The maximum atomic E-state index is 12.0. The lowest BCUT2D eigenvalue weighted by molar-refractivity contribution is -0.117. The molecule has 116 valence electrons. The van der Waals surface area contributed by atoms with Crippen LogP contribution in [0.4, 0.5) is 0 Å². The number of amides is 1. The van der Waals surface area contributed by atoms with Gasteiger partial charge in [0.1, 0.15) is 17.1 Å². The third-order valence-corrected chi connectivity index (χ3v) is 3.45. The second kappa shape index (κ2) is 6.62. The maximum Gasteiger partial charge on any atom is 0.244 e. The van der Waals surface area contributed by atoms with Crippen LogP contribution in [0.1, 0.15) is 30.9 Å². The van der Waals surface area contributed by atoms with Crippen molar-refractivity contribution in [3.05, 3.63) is 65.6 Å². The van der Waals surface area contributed by atoms with Gasteiger partial charge in [-0.05, 0) is 44.0 Å². The van der Waals surface area contributed by atoms with E-state index in [9.17, 15) is 9.90 Å². The molecule has 0 aliphatic rings. The number of hydrogen-bond acceptors (Lipinski definition) is 3. The highest BCUT2D eigenvalue weighted by atomic mass is 16.4. The Balaban J connectivity index is 1.98. The standard InChI is InChI=1S/C18H21NO3/c1-13(15-7-5-4-6-8-15)11-17(20)19-12-18(3,21)16-10-9-14(2)22-16/h4-11,21H,12H2,1-3H3,(H,19,20). The first-order valence-corrected chi connectivity index (χ1v) is 7.19. The molecule has 1 aromatic heterocycles. The molecule has 4 nitrogen and oxygen atoms in total. The van der Waals surface area contributed by atoms with Gasteiger partial charge in [-0.2, -0.15) is 0 Å². The maximum absolute atomic E-state index is 12.0. The fraction of sp³-hybridized carbons (Fsp3) is 0.278. The molecular weight excluding hydrogens is 278 g/mol. The van der Waals surface area contributed by atoms with E-state index in [0.717, 1.165) is 16.9 Å². The summed E-state index contributed by atoms with van der Waals surface area (Å²) in [4.78, 5) is 12.0. The summed E-state index contributed by atoms with van der Waals surface area (Å²) >= 11 is 0. The molecule has 0 spiro atoms. The number of aliphatic hydroxyl groups is 1. The minimum Gasteiger partial charge on any atom is -0.463 e. The number of carbonyl (C=O) groups is 1. The lowest BCUT2D eigenvalue weighted by atomic mass is 10.0. The largest absolute Gasteiger partial charge is 0.463 e. The molecule has 0 saturated heterocycles. The predicted octanol–water partition coefficient (Wildman–Crippen LogP) is 3.02. The summed E-state index contributed by atoms with van der Waals surface area (Å²) in [5.74, 6) is 0.917. The van der Waals surface area contributed by atoms with Gasteiger partial charge in [0.25, 0.3) is 0 Å². The number of carbonyl (C=O) groups excluding carboxylic acids is 1. The van der Waals surface area contributed by atoms with Crippen molar-refractivity contribution in [3.8, 4) is 0 Å². The minimum atomic E-state index is -1.24. The fourth-order valence-corrected chi connectivity index (χ4v) is 2.10. The number of aryl methyl sites for hydroxylation is 1. The van der Waals surface area contributed by atoms with E-state index in [0.29, 0.717) is 5.76 Å². The fourth-order valence-electron chi connectivity index (χ4n) is 2.10. The van der Waals surface area contributed by atoms with Gasteiger partial charge in [0, 0.05) is 6.08 Å². The van der Waals surface area contributed by atoms with E-state index in [1.54, 1.807) is 19.1 Å². The Hall–Kier alpha value is -2.33. The first-order chi connectivity index (χ1) is 10.4. The van der Waals surface area contributed by atoms with Gasteiger partial charge in [0.05, 0.1) is 6.54 Å². The molecule has 1 aromatic carbocycles. The highest BCUT2D eigenvalue weighted by Gasteiger charge is 2.27. The zero-order chi connectivity index (χ0) is 16.2. The van der Waals surface area contributed by atoms with Crippen molar-refractivity contribution in [3.63, 3.8) is 0 Å². The molecule has 1 heterocycles. The molecule has 0 saturated carbocycles. The highest BCUT2D eigenvalue weighted by Crippen LogP contribution is 2.22. The van der Waals surface area contributed by atoms with Crippen molar-refractivity contribution in [1.82, 2.24) is 5.32 Å². The van der Waals surface area contributed by atoms with Crippen molar-refractivity contribution in [2.24, 2.45) is 0 Å². The molecular formula is C18H21NO3. The number of benzene rings is 1. The van der Waals surface area contributed by atoms with Crippen LogP contribution in [-0.4, -0.2) is 17.6 Å². The van der Waals surface area contributed by atoms with Crippen LogP contribution < -0.4 is 5.32 Å². The minimum absolute atomic E-state index is 0.0807. The molecule has 2 N–H and O–H groups in total. The number of rotatable bonds is 5. The summed E-state index contributed by atoms with van der Waals surface area (Å²) in [5, 5.41) is 13.1. The Labute approximate surface area is 130 Å². The van der Waals surface area contributed by atoms with Crippen LogP contribution in [0.25, 0.3) is 5.57 Å². The van der Waals surface area contributed by atoms with E-state index in [2.05, 4.69) is 5.32 Å². The molecule has 1 unspecified atom stereocenters. The number of hydrogen-bond donors (Lipinski definition) is 2.